The van der Waals surface area contributed by atoms with E-state index in [0.717, 1.165) is 0 Å². The quantitative estimate of drug-likeness (QED) is 0.363. The number of rotatable bonds is 0. The van der Waals surface area contributed by atoms with E-state index in [0.29, 0.717) is 0 Å². The molecule has 18 heavy (non-hydrogen) atoms. The molecule has 122 valence electrons. The Hall–Kier alpha value is -0.0732. The molecule has 20 N–H and O–H groups in total. The Bertz CT molecular complexity index is 96.0. The third-order valence-electron chi connectivity index (χ3n) is 0.478. The Labute approximate surface area is 135 Å². The minimum atomic E-state index is 0. The first-order valence-electron chi connectivity index (χ1n) is 1.70. The summed E-state index contributed by atoms with van der Waals surface area (Å²) in [6.07, 6.45) is 6.56. The molecule has 14 heteroatoms. The van der Waals surface area contributed by atoms with Gasteiger partial charge >= 0.3 is 19.5 Å². The van der Waals surface area contributed by atoms with Crippen LogP contribution >= 0.6 is 0 Å². The molecule has 12 nitrogen and oxygen atoms in total. The molecule has 0 aromatic carbocycles. The van der Waals surface area contributed by atoms with E-state index in [4.69, 9.17) is 0 Å². The largest absolute Gasteiger partial charge is 5.00 e. The molecule has 0 unspecified atom stereocenters. The second-order valence-corrected chi connectivity index (χ2v) is 0.894. The van der Waals surface area contributed by atoms with E-state index in [9.17, 15) is 0 Å². The number of hydrogen-bond donors (Lipinski definition) is 0. The Morgan fingerprint density at radius 1 is 0.389 bits per heavy atom. The zero-order valence-corrected chi connectivity index (χ0v) is 13.0. The summed E-state index contributed by atoms with van der Waals surface area (Å²) in [5.74, 6) is 0. The zero-order valence-electron chi connectivity index (χ0n) is 9.66. The number of aromatic nitrogens is 2. The molecule has 0 aliphatic rings. The van der Waals surface area contributed by atoms with E-state index in [1.807, 2.05) is 0 Å². The van der Waals surface area contributed by atoms with Gasteiger partial charge in [-0.3, -0.25) is 9.97 Å². The van der Waals surface area contributed by atoms with Crippen LogP contribution in [0.5, 0.6) is 0 Å². The summed E-state index contributed by atoms with van der Waals surface area (Å²) in [5.41, 5.74) is 0. The Morgan fingerprint density at radius 3 is 0.556 bits per heavy atom. The molecule has 1 aromatic heterocycles. The van der Waals surface area contributed by atoms with Crippen LogP contribution in [0.25, 0.3) is 61.5 Å². The van der Waals surface area contributed by atoms with E-state index in [-0.39, 0.29) is 100 Å². The van der Waals surface area contributed by atoms with Gasteiger partial charge < -0.3 is 61.5 Å². The van der Waals surface area contributed by atoms with Gasteiger partial charge in [-0.25, -0.2) is 0 Å². The molecule has 0 saturated heterocycles. The first-order chi connectivity index (χ1) is 3.00. The van der Waals surface area contributed by atoms with Gasteiger partial charge in [-0.1, -0.05) is 0 Å². The third-order valence-corrected chi connectivity index (χ3v) is 0.478. The van der Waals surface area contributed by atoms with Gasteiger partial charge in [0.2, 0.25) is 0 Å². The monoisotopic (exact) mass is 445 g/mol. The maximum absolute atomic E-state index is 3.72. The maximum atomic E-state index is 3.72. The van der Waals surface area contributed by atoms with E-state index >= 15 is 0 Å². The van der Waals surface area contributed by atoms with Gasteiger partial charge in [0.25, 0.3) is 0 Å². The molecule has 0 spiro atoms. The van der Waals surface area contributed by atoms with Crippen molar-refractivity contribution in [2.75, 3.05) is 0 Å². The van der Waals surface area contributed by atoms with Crippen molar-refractivity contribution in [3.8, 4) is 0 Å². The van der Waals surface area contributed by atoms with Crippen LogP contribution in [0.1, 0.15) is 0 Å². The normalized spacial score (nSPS) is 2.67. The van der Waals surface area contributed by atoms with Crippen LogP contribution < -0.4 is 0 Å². The van der Waals surface area contributed by atoms with Crippen LogP contribution in [-0.4, -0.2) is 9.97 Å². The molecule has 0 aliphatic heterocycles. The molecule has 0 amide bonds. The van der Waals surface area contributed by atoms with Crippen molar-refractivity contribution in [2.24, 2.45) is 0 Å². The van der Waals surface area contributed by atoms with Crippen LogP contribution in [0.4, 0.5) is 0 Å². The molecule has 0 saturated carbocycles. The van der Waals surface area contributed by atoms with Crippen molar-refractivity contribution in [1.82, 2.24) is 9.97 Å². The summed E-state index contributed by atoms with van der Waals surface area (Å²) in [7, 11) is 0. The average Bonchev–Trinajstić information content (AvgIpc) is 1.72. The van der Waals surface area contributed by atoms with Crippen molar-refractivity contribution in [3.05, 3.63) is 86.3 Å². The topological polar surface area (TPSA) is 361 Å². The van der Waals surface area contributed by atoms with Crippen molar-refractivity contribution >= 4 is 0 Å². The number of nitrogens with zero attached hydrogens (tertiary/aromatic N) is 2. The van der Waals surface area contributed by atoms with E-state index in [1.165, 1.54) is 0 Å². The van der Waals surface area contributed by atoms with Gasteiger partial charge in [-0.2, -0.15) is 0 Å². The number of hydrogen-bond acceptors (Lipinski definition) is 2. The molecular weight excluding hydrogens is 420 g/mol. The van der Waals surface area contributed by atoms with Crippen molar-refractivity contribution < 1.29 is 39.0 Å². The SMILES string of the molecule is [NH2-].[NH2-].[NH2-].[NH2-].[NH2-].[NH2-].[NH2-].[NH2-].[NH2-].[NH2-].[Rh].[Ru+5].c1cnccn1. The van der Waals surface area contributed by atoms with Crippen molar-refractivity contribution in [1.29, 1.82) is 0 Å². The molecule has 0 fully saturated rings. The Kier molecular flexibility index (Phi) is 993. The van der Waals surface area contributed by atoms with Gasteiger partial charge in [-0.15, -0.1) is 0 Å². The first-order valence-corrected chi connectivity index (χ1v) is 1.70. The number of nitrogens with two attached hydrogens (primary N) is 10. The summed E-state index contributed by atoms with van der Waals surface area (Å²) in [6.45, 7) is 0. The molecule has 1 aromatic rings. The molecular formula is C4H24N12RhRu-5. The average molecular weight is 444 g/mol. The molecule has 2 radical (unpaired) electrons. The summed E-state index contributed by atoms with van der Waals surface area (Å²) in [4.78, 5) is 7.44. The fourth-order valence-electron chi connectivity index (χ4n) is 0.253. The van der Waals surface area contributed by atoms with E-state index in [2.05, 4.69) is 9.97 Å². The van der Waals surface area contributed by atoms with Gasteiger partial charge in [0.15, 0.2) is 0 Å². The second-order valence-electron chi connectivity index (χ2n) is 0.894. The molecule has 0 bridgehead atoms. The molecule has 1 rings (SSSR count). The predicted molar refractivity (Wildman–Crippen MR) is 74.9 cm³/mol. The molecule has 0 atom stereocenters. The van der Waals surface area contributed by atoms with Crippen LogP contribution in [0.3, 0.4) is 0 Å². The zero-order chi connectivity index (χ0) is 4.24. The fraction of sp³-hybridized carbons (Fsp3) is 0. The van der Waals surface area contributed by atoms with Crippen LogP contribution in [0, 0.1) is 0 Å². The summed E-state index contributed by atoms with van der Waals surface area (Å²) >= 11 is 0. The summed E-state index contributed by atoms with van der Waals surface area (Å²) in [6, 6.07) is 0. The first kappa shape index (κ1) is 146. The van der Waals surface area contributed by atoms with Crippen molar-refractivity contribution in [2.45, 2.75) is 0 Å². The van der Waals surface area contributed by atoms with E-state index < -0.39 is 0 Å². The van der Waals surface area contributed by atoms with E-state index in [1.54, 1.807) is 24.8 Å². The fourth-order valence-corrected chi connectivity index (χ4v) is 0.253. The van der Waals surface area contributed by atoms with Gasteiger partial charge in [-0.05, 0) is 0 Å². The minimum absolute atomic E-state index is 0. The standard InChI is InChI=1S/C4H4N2.10H2N.Rh.Ru/c1-2-6-4-3-5-1;;;;;;;;;;;;/h1-4H;10*1H2;;/q;10*-1;;+5. The Balaban J connectivity index is -0.00000000300. The van der Waals surface area contributed by atoms with Crippen molar-refractivity contribution in [3.63, 3.8) is 0 Å². The molecule has 1 heterocycles. The van der Waals surface area contributed by atoms with Gasteiger partial charge in [0, 0.05) is 44.3 Å². The van der Waals surface area contributed by atoms with Gasteiger partial charge in [0.05, 0.1) is 0 Å². The van der Waals surface area contributed by atoms with Crippen LogP contribution in [0.2, 0.25) is 0 Å². The Morgan fingerprint density at radius 2 is 0.500 bits per heavy atom. The molecule has 0 aliphatic carbocycles. The third kappa shape index (κ3) is 101. The van der Waals surface area contributed by atoms with Crippen LogP contribution in [0.15, 0.2) is 24.8 Å². The smallest absolute Gasteiger partial charge is 0.693 e. The van der Waals surface area contributed by atoms with Gasteiger partial charge in [0.1, 0.15) is 0 Å². The summed E-state index contributed by atoms with van der Waals surface area (Å²) < 4.78 is 0. The van der Waals surface area contributed by atoms with Crippen LogP contribution in [-0.2, 0) is 39.0 Å². The summed E-state index contributed by atoms with van der Waals surface area (Å²) in [5, 5.41) is 0. The minimum Gasteiger partial charge on any atom is -0.693 e. The predicted octanol–water partition coefficient (Wildman–Crippen LogP) is 7.64. The maximum Gasteiger partial charge on any atom is 5.00 e. The second kappa shape index (κ2) is 122.